The fraction of sp³-hybridized carbons (Fsp3) is 0.500. The van der Waals surface area contributed by atoms with Crippen LogP contribution >= 0.6 is 0 Å². The van der Waals surface area contributed by atoms with Crippen molar-refractivity contribution in [1.29, 1.82) is 0 Å². The summed E-state index contributed by atoms with van der Waals surface area (Å²) in [4.78, 5) is 9.54. The Morgan fingerprint density at radius 2 is 1.88 bits per heavy atom. The predicted molar refractivity (Wildman–Crippen MR) is 105 cm³/mol. The second-order valence-corrected chi connectivity index (χ2v) is 7.88. The van der Waals surface area contributed by atoms with Crippen LogP contribution in [0.2, 0.25) is 0 Å². The van der Waals surface area contributed by atoms with Crippen molar-refractivity contribution in [2.45, 2.75) is 44.4 Å². The van der Waals surface area contributed by atoms with E-state index in [-0.39, 0.29) is 5.60 Å². The van der Waals surface area contributed by atoms with Crippen LogP contribution in [0.3, 0.4) is 0 Å². The third-order valence-electron chi connectivity index (χ3n) is 5.96. The van der Waals surface area contributed by atoms with Crippen molar-refractivity contribution in [1.82, 2.24) is 9.88 Å². The first-order chi connectivity index (χ1) is 12.6. The summed E-state index contributed by atoms with van der Waals surface area (Å²) in [5.74, 6) is 1.11. The predicted octanol–water partition coefficient (Wildman–Crippen LogP) is 3.65. The van der Waals surface area contributed by atoms with Gasteiger partial charge in [-0.1, -0.05) is 36.4 Å². The van der Waals surface area contributed by atoms with E-state index in [1.54, 1.807) is 0 Å². The van der Waals surface area contributed by atoms with Gasteiger partial charge in [0.25, 0.3) is 0 Å². The number of benzene rings is 1. The summed E-state index contributed by atoms with van der Waals surface area (Å²) >= 11 is 0. The molecular weight excluding hydrogens is 322 g/mol. The van der Waals surface area contributed by atoms with Crippen LogP contribution < -0.4 is 4.90 Å². The molecule has 2 saturated heterocycles. The fourth-order valence-electron chi connectivity index (χ4n) is 4.30. The van der Waals surface area contributed by atoms with Gasteiger partial charge < -0.3 is 9.64 Å². The Morgan fingerprint density at radius 1 is 1.12 bits per heavy atom. The molecule has 0 N–H and O–H groups in total. The highest BCUT2D eigenvalue weighted by molar-refractivity contribution is 5.40. The van der Waals surface area contributed by atoms with Crippen LogP contribution in [0.1, 0.15) is 30.5 Å². The molecular formula is C22H29N3O. The van der Waals surface area contributed by atoms with E-state index in [9.17, 15) is 0 Å². The Kier molecular flexibility index (Phi) is 4.96. The molecule has 2 aromatic rings. The van der Waals surface area contributed by atoms with Crippen LogP contribution in [0.5, 0.6) is 0 Å². The molecule has 0 bridgehead atoms. The van der Waals surface area contributed by atoms with Gasteiger partial charge in [0.15, 0.2) is 0 Å². The summed E-state index contributed by atoms with van der Waals surface area (Å²) in [6.07, 6.45) is 3.34. The molecule has 0 aliphatic carbocycles. The number of pyridine rings is 1. The molecule has 1 atom stereocenters. The van der Waals surface area contributed by atoms with Gasteiger partial charge in [-0.05, 0) is 50.9 Å². The molecule has 0 amide bonds. The van der Waals surface area contributed by atoms with Crippen LogP contribution in [0.4, 0.5) is 5.82 Å². The Hall–Kier alpha value is -1.91. The highest BCUT2D eigenvalue weighted by atomic mass is 16.5. The molecule has 1 spiro atoms. The number of aryl methyl sites for hydroxylation is 1. The highest BCUT2D eigenvalue weighted by Crippen LogP contribution is 2.38. The van der Waals surface area contributed by atoms with Gasteiger partial charge in [0.05, 0.1) is 12.2 Å². The number of piperidine rings is 1. The summed E-state index contributed by atoms with van der Waals surface area (Å²) in [7, 11) is 2.23. The lowest BCUT2D eigenvalue weighted by Crippen LogP contribution is -2.45. The van der Waals surface area contributed by atoms with Crippen molar-refractivity contribution in [3.05, 3.63) is 59.8 Å². The van der Waals surface area contributed by atoms with Gasteiger partial charge in [-0.15, -0.1) is 0 Å². The van der Waals surface area contributed by atoms with Gasteiger partial charge in [-0.2, -0.15) is 0 Å². The van der Waals surface area contributed by atoms with Gasteiger partial charge in [0, 0.05) is 31.4 Å². The van der Waals surface area contributed by atoms with Crippen LogP contribution in [-0.4, -0.2) is 48.3 Å². The van der Waals surface area contributed by atoms with Crippen molar-refractivity contribution in [3.63, 3.8) is 0 Å². The normalized spacial score (nSPS) is 22.3. The number of ether oxygens (including phenoxy) is 1. The van der Waals surface area contributed by atoms with E-state index in [0.717, 1.165) is 57.0 Å². The quantitative estimate of drug-likeness (QED) is 0.841. The second kappa shape index (κ2) is 7.37. The van der Waals surface area contributed by atoms with E-state index < -0.39 is 0 Å². The van der Waals surface area contributed by atoms with Crippen LogP contribution in [0.25, 0.3) is 0 Å². The number of aromatic nitrogens is 1. The van der Waals surface area contributed by atoms with Crippen molar-refractivity contribution in [3.8, 4) is 0 Å². The molecule has 1 aromatic heterocycles. The molecule has 2 fully saturated rings. The van der Waals surface area contributed by atoms with Crippen LogP contribution in [0, 0.1) is 6.92 Å². The van der Waals surface area contributed by atoms with E-state index in [1.807, 2.05) is 0 Å². The Morgan fingerprint density at radius 3 is 2.62 bits per heavy atom. The molecule has 1 unspecified atom stereocenters. The molecule has 1 aromatic carbocycles. The number of hydrogen-bond donors (Lipinski definition) is 0. The summed E-state index contributed by atoms with van der Waals surface area (Å²) in [5.41, 5.74) is 2.52. The zero-order valence-electron chi connectivity index (χ0n) is 15.9. The van der Waals surface area contributed by atoms with Crippen molar-refractivity contribution in [2.75, 3.05) is 31.6 Å². The molecule has 4 rings (SSSR count). The minimum atomic E-state index is 0.0654. The summed E-state index contributed by atoms with van der Waals surface area (Å²) in [5, 5.41) is 0. The number of hydrogen-bond acceptors (Lipinski definition) is 4. The molecule has 0 radical (unpaired) electrons. The lowest BCUT2D eigenvalue weighted by molar-refractivity contribution is -0.0158. The molecule has 2 aliphatic rings. The second-order valence-electron chi connectivity index (χ2n) is 7.88. The van der Waals surface area contributed by atoms with Crippen LogP contribution in [0.15, 0.2) is 48.5 Å². The average Bonchev–Trinajstić information content (AvgIpc) is 3.07. The van der Waals surface area contributed by atoms with Gasteiger partial charge in [-0.25, -0.2) is 4.98 Å². The highest BCUT2D eigenvalue weighted by Gasteiger charge is 2.43. The Balaban J connectivity index is 1.34. The average molecular weight is 351 g/mol. The number of rotatable bonds is 4. The Labute approximate surface area is 156 Å². The lowest BCUT2D eigenvalue weighted by Gasteiger charge is -2.39. The van der Waals surface area contributed by atoms with Gasteiger partial charge in [0.2, 0.25) is 0 Å². The molecule has 4 heteroatoms. The van der Waals surface area contributed by atoms with E-state index in [0.29, 0.717) is 6.04 Å². The first-order valence-electron chi connectivity index (χ1n) is 9.70. The van der Waals surface area contributed by atoms with Crippen molar-refractivity contribution < 1.29 is 4.74 Å². The maximum Gasteiger partial charge on any atom is 0.128 e. The molecule has 4 nitrogen and oxygen atoms in total. The van der Waals surface area contributed by atoms with E-state index in [4.69, 9.17) is 4.74 Å². The number of anilines is 1. The molecule has 3 heterocycles. The SMILES string of the molecule is Cc1cccc(N2CCC3(CC2)CC(N(C)Cc2ccccc2)CO3)n1. The maximum atomic E-state index is 6.37. The zero-order chi connectivity index (χ0) is 18.0. The Bertz CT molecular complexity index is 725. The van der Waals surface area contributed by atoms with Gasteiger partial charge in [0.1, 0.15) is 5.82 Å². The number of likely N-dealkylation sites (N-methyl/N-ethyl adjacent to an activating group) is 1. The number of nitrogens with zero attached hydrogens (tertiary/aromatic N) is 3. The molecule has 138 valence electrons. The molecule has 26 heavy (non-hydrogen) atoms. The topological polar surface area (TPSA) is 28.6 Å². The van der Waals surface area contributed by atoms with Crippen molar-refractivity contribution in [2.24, 2.45) is 0 Å². The third-order valence-corrected chi connectivity index (χ3v) is 5.96. The first kappa shape index (κ1) is 17.5. The largest absolute Gasteiger partial charge is 0.373 e. The lowest BCUT2D eigenvalue weighted by atomic mass is 9.87. The smallest absolute Gasteiger partial charge is 0.128 e. The standard InChI is InChI=1S/C22H29N3O/c1-18-7-6-10-21(23-18)25-13-11-22(12-14-25)15-20(17-26-22)24(2)16-19-8-4-3-5-9-19/h3-10,20H,11-17H2,1-2H3. The minimum absolute atomic E-state index is 0.0654. The van der Waals surface area contributed by atoms with Crippen molar-refractivity contribution >= 4 is 5.82 Å². The maximum absolute atomic E-state index is 6.37. The summed E-state index contributed by atoms with van der Waals surface area (Å²) < 4.78 is 6.37. The van der Waals surface area contributed by atoms with E-state index in [2.05, 4.69) is 77.3 Å². The van der Waals surface area contributed by atoms with Crippen LogP contribution in [-0.2, 0) is 11.3 Å². The molecule has 0 saturated carbocycles. The fourth-order valence-corrected chi connectivity index (χ4v) is 4.30. The monoisotopic (exact) mass is 351 g/mol. The van der Waals surface area contributed by atoms with E-state index >= 15 is 0 Å². The van der Waals surface area contributed by atoms with E-state index in [1.165, 1.54) is 5.56 Å². The summed E-state index contributed by atoms with van der Waals surface area (Å²) in [6.45, 7) is 5.97. The minimum Gasteiger partial charge on any atom is -0.373 e. The van der Waals surface area contributed by atoms with Gasteiger partial charge >= 0.3 is 0 Å². The molecule has 2 aliphatic heterocycles. The first-order valence-corrected chi connectivity index (χ1v) is 9.70. The zero-order valence-corrected chi connectivity index (χ0v) is 15.9. The summed E-state index contributed by atoms with van der Waals surface area (Å²) in [6, 6.07) is 17.5. The van der Waals surface area contributed by atoms with Gasteiger partial charge in [-0.3, -0.25) is 4.90 Å². The third kappa shape index (κ3) is 3.76.